The van der Waals surface area contributed by atoms with E-state index < -0.39 is 10.2 Å². The topological polar surface area (TPSA) is 81.9 Å². The van der Waals surface area contributed by atoms with E-state index >= 15 is 0 Å². The summed E-state index contributed by atoms with van der Waals surface area (Å²) in [5, 5.41) is 5.39. The van der Waals surface area contributed by atoms with Crippen LogP contribution in [-0.4, -0.2) is 33.5 Å². The average Bonchev–Trinajstić information content (AvgIpc) is 3.27. The predicted molar refractivity (Wildman–Crippen MR) is 78.5 cm³/mol. The number of hydrogen-bond donors (Lipinski definition) is 1. The number of nitrogens with zero attached hydrogens (tertiary/aromatic N) is 1. The van der Waals surface area contributed by atoms with Crippen LogP contribution in [0.2, 0.25) is 0 Å². The highest BCUT2D eigenvalue weighted by atomic mass is 32.2. The lowest BCUT2D eigenvalue weighted by Gasteiger charge is -2.35. The molecule has 1 aliphatic carbocycles. The number of nitrogens with two attached hydrogens (primary N) is 1. The first-order valence-corrected chi connectivity index (χ1v) is 8.50. The van der Waals surface area contributed by atoms with Gasteiger partial charge in [0, 0.05) is 6.54 Å². The second-order valence-electron chi connectivity index (χ2n) is 5.59. The van der Waals surface area contributed by atoms with Crippen LogP contribution in [-0.2, 0) is 16.6 Å². The average molecular weight is 312 g/mol. The van der Waals surface area contributed by atoms with Gasteiger partial charge in [-0.15, -0.1) is 0 Å². The fraction of sp³-hybridized carbons (Fsp3) is 0.571. The van der Waals surface area contributed by atoms with Gasteiger partial charge in [0.25, 0.3) is 10.2 Å². The van der Waals surface area contributed by atoms with Crippen molar-refractivity contribution in [3.63, 3.8) is 0 Å². The molecule has 116 valence electrons. The van der Waals surface area contributed by atoms with E-state index in [1.54, 1.807) is 14.2 Å². The third kappa shape index (κ3) is 2.61. The van der Waals surface area contributed by atoms with Gasteiger partial charge in [0.1, 0.15) is 0 Å². The molecule has 0 aromatic heterocycles. The Morgan fingerprint density at radius 3 is 2.33 bits per heavy atom. The molecule has 1 unspecified atom stereocenters. The summed E-state index contributed by atoms with van der Waals surface area (Å²) in [6, 6.07) is 3.67. The van der Waals surface area contributed by atoms with Gasteiger partial charge in [-0.05, 0) is 48.4 Å². The van der Waals surface area contributed by atoms with Crippen molar-refractivity contribution in [3.8, 4) is 11.5 Å². The predicted octanol–water partition coefficient (Wildman–Crippen LogP) is 1.22. The summed E-state index contributed by atoms with van der Waals surface area (Å²) >= 11 is 0. The molecule has 2 N–H and O–H groups in total. The lowest BCUT2D eigenvalue weighted by Crippen LogP contribution is -2.44. The van der Waals surface area contributed by atoms with Gasteiger partial charge < -0.3 is 9.47 Å². The number of ether oxygens (including phenoxy) is 2. The van der Waals surface area contributed by atoms with Crippen LogP contribution in [0.25, 0.3) is 0 Å². The number of methoxy groups -OCH3 is 2. The Bertz CT molecular complexity index is 655. The SMILES string of the molecule is COc1cc2c(cc1OC)C(C1CC1)N(S(N)(=O)=O)CC2. The summed E-state index contributed by atoms with van der Waals surface area (Å²) in [7, 11) is -0.517. The van der Waals surface area contributed by atoms with Crippen molar-refractivity contribution in [1.29, 1.82) is 0 Å². The number of fused-ring (bicyclic) bond motifs is 1. The number of benzene rings is 1. The van der Waals surface area contributed by atoms with Crippen molar-refractivity contribution in [3.05, 3.63) is 23.3 Å². The van der Waals surface area contributed by atoms with E-state index in [2.05, 4.69) is 0 Å². The van der Waals surface area contributed by atoms with Gasteiger partial charge in [-0.25, -0.2) is 5.14 Å². The molecule has 1 aliphatic heterocycles. The summed E-state index contributed by atoms with van der Waals surface area (Å²) in [4.78, 5) is 0. The second kappa shape index (κ2) is 5.15. The van der Waals surface area contributed by atoms with Gasteiger partial charge in [0.2, 0.25) is 0 Å². The summed E-state index contributed by atoms with van der Waals surface area (Å²) < 4.78 is 35.8. The molecular weight excluding hydrogens is 292 g/mol. The maximum atomic E-state index is 11.9. The molecule has 7 heteroatoms. The van der Waals surface area contributed by atoms with E-state index in [9.17, 15) is 8.42 Å². The van der Waals surface area contributed by atoms with Crippen LogP contribution in [0.3, 0.4) is 0 Å². The Balaban J connectivity index is 2.10. The monoisotopic (exact) mass is 312 g/mol. The molecule has 0 spiro atoms. The summed E-state index contributed by atoms with van der Waals surface area (Å²) in [5.41, 5.74) is 2.11. The van der Waals surface area contributed by atoms with Crippen LogP contribution in [0.5, 0.6) is 11.5 Å². The first kappa shape index (κ1) is 14.6. The fourth-order valence-electron chi connectivity index (χ4n) is 3.14. The summed E-state index contributed by atoms with van der Waals surface area (Å²) in [5.74, 6) is 1.65. The van der Waals surface area contributed by atoms with Crippen molar-refractivity contribution in [2.45, 2.75) is 25.3 Å². The molecule has 0 bridgehead atoms. The molecule has 1 aromatic rings. The van der Waals surface area contributed by atoms with Crippen molar-refractivity contribution < 1.29 is 17.9 Å². The van der Waals surface area contributed by atoms with Crippen LogP contribution < -0.4 is 14.6 Å². The van der Waals surface area contributed by atoms with E-state index in [0.29, 0.717) is 30.4 Å². The Labute approximate surface area is 125 Å². The van der Waals surface area contributed by atoms with Crippen LogP contribution in [0.1, 0.15) is 30.0 Å². The minimum Gasteiger partial charge on any atom is -0.493 e. The number of hydrogen-bond acceptors (Lipinski definition) is 4. The van der Waals surface area contributed by atoms with Crippen molar-refractivity contribution in [2.24, 2.45) is 11.1 Å². The molecule has 6 nitrogen and oxygen atoms in total. The molecule has 1 aromatic carbocycles. The normalized spacial score (nSPS) is 22.7. The first-order valence-electron chi connectivity index (χ1n) is 7.00. The van der Waals surface area contributed by atoms with Gasteiger partial charge in [-0.3, -0.25) is 0 Å². The Morgan fingerprint density at radius 2 is 1.81 bits per heavy atom. The van der Waals surface area contributed by atoms with Crippen molar-refractivity contribution in [1.82, 2.24) is 4.31 Å². The van der Waals surface area contributed by atoms with E-state index in [1.165, 1.54) is 4.31 Å². The van der Waals surface area contributed by atoms with Crippen LogP contribution in [0.15, 0.2) is 12.1 Å². The molecule has 2 aliphatic rings. The van der Waals surface area contributed by atoms with Gasteiger partial charge in [0.05, 0.1) is 20.3 Å². The molecule has 0 amide bonds. The summed E-state index contributed by atoms with van der Waals surface area (Å²) in [6.45, 7) is 0.419. The van der Waals surface area contributed by atoms with Crippen LogP contribution >= 0.6 is 0 Å². The van der Waals surface area contributed by atoms with E-state index in [0.717, 1.165) is 24.0 Å². The molecule has 0 radical (unpaired) electrons. The maximum absolute atomic E-state index is 11.9. The van der Waals surface area contributed by atoms with Crippen molar-refractivity contribution >= 4 is 10.2 Å². The lowest BCUT2D eigenvalue weighted by atomic mass is 9.91. The second-order valence-corrected chi connectivity index (χ2v) is 7.09. The summed E-state index contributed by atoms with van der Waals surface area (Å²) in [6.07, 6.45) is 2.70. The van der Waals surface area contributed by atoms with E-state index in [-0.39, 0.29) is 6.04 Å². The molecule has 1 fully saturated rings. The molecule has 1 heterocycles. The molecule has 3 rings (SSSR count). The molecule has 1 atom stereocenters. The quantitative estimate of drug-likeness (QED) is 0.906. The minimum absolute atomic E-state index is 0.177. The zero-order chi connectivity index (χ0) is 15.2. The zero-order valence-corrected chi connectivity index (χ0v) is 13.0. The molecule has 0 saturated heterocycles. The highest BCUT2D eigenvalue weighted by Gasteiger charge is 2.43. The molecular formula is C14H20N2O4S. The Kier molecular flexibility index (Phi) is 3.59. The molecule has 21 heavy (non-hydrogen) atoms. The van der Waals surface area contributed by atoms with Gasteiger partial charge in [-0.2, -0.15) is 12.7 Å². The smallest absolute Gasteiger partial charge is 0.277 e. The third-order valence-electron chi connectivity index (χ3n) is 4.27. The van der Waals surface area contributed by atoms with E-state index in [4.69, 9.17) is 14.6 Å². The third-order valence-corrected chi connectivity index (χ3v) is 5.33. The Morgan fingerprint density at radius 1 is 1.19 bits per heavy atom. The number of rotatable bonds is 4. The Hall–Kier alpha value is -1.31. The van der Waals surface area contributed by atoms with Crippen LogP contribution in [0.4, 0.5) is 0 Å². The highest BCUT2D eigenvalue weighted by molar-refractivity contribution is 7.86. The maximum Gasteiger partial charge on any atom is 0.277 e. The van der Waals surface area contributed by atoms with Gasteiger partial charge in [-0.1, -0.05) is 0 Å². The lowest BCUT2D eigenvalue weighted by molar-refractivity contribution is 0.277. The molecule has 1 saturated carbocycles. The van der Waals surface area contributed by atoms with Crippen LogP contribution in [0, 0.1) is 5.92 Å². The van der Waals surface area contributed by atoms with Gasteiger partial charge in [0.15, 0.2) is 11.5 Å². The standard InChI is InChI=1S/C14H20N2O4S/c1-19-12-7-10-5-6-16(21(15,17)18)14(9-3-4-9)11(10)8-13(12)20-2/h7-9,14H,3-6H2,1-2H3,(H2,15,17,18). The largest absolute Gasteiger partial charge is 0.493 e. The van der Waals surface area contributed by atoms with Crippen molar-refractivity contribution in [2.75, 3.05) is 20.8 Å². The fourth-order valence-corrected chi connectivity index (χ4v) is 4.09. The zero-order valence-electron chi connectivity index (χ0n) is 12.2. The first-order chi connectivity index (χ1) is 9.95. The minimum atomic E-state index is -3.70. The van der Waals surface area contributed by atoms with Gasteiger partial charge >= 0.3 is 0 Å². The highest BCUT2D eigenvalue weighted by Crippen LogP contribution is 2.49. The van der Waals surface area contributed by atoms with E-state index in [1.807, 2.05) is 12.1 Å².